The minimum absolute atomic E-state index is 0.0301. The van der Waals surface area contributed by atoms with E-state index in [4.69, 9.17) is 12.2 Å². The highest BCUT2D eigenvalue weighted by Gasteiger charge is 2.36. The van der Waals surface area contributed by atoms with E-state index < -0.39 is 22.7 Å². The summed E-state index contributed by atoms with van der Waals surface area (Å²) in [5.74, 6) is 0. The van der Waals surface area contributed by atoms with Gasteiger partial charge in [0.15, 0.2) is 4.77 Å². The molecule has 3 aromatic rings. The van der Waals surface area contributed by atoms with Gasteiger partial charge in [-0.25, -0.2) is 4.98 Å². The maximum atomic E-state index is 13.7. The molecule has 0 fully saturated rings. The number of nitrogens with one attached hydrogen (secondary N) is 1. The Bertz CT molecular complexity index is 1100. The molecule has 3 aromatic heterocycles. The van der Waals surface area contributed by atoms with Crippen LogP contribution in [0.3, 0.4) is 0 Å². The summed E-state index contributed by atoms with van der Waals surface area (Å²) in [5.41, 5.74) is -1.75. The molecule has 0 radical (unpaired) electrons. The molecule has 10 heteroatoms. The second-order valence-corrected chi connectivity index (χ2v) is 6.40. The van der Waals surface area contributed by atoms with Crippen molar-refractivity contribution in [2.75, 3.05) is 0 Å². The third-order valence-electron chi connectivity index (χ3n) is 4.21. The van der Waals surface area contributed by atoms with Crippen molar-refractivity contribution >= 4 is 23.3 Å². The Hall–Kier alpha value is -2.49. The molecule has 0 unspecified atom stereocenters. The van der Waals surface area contributed by atoms with Crippen LogP contribution in [0.25, 0.3) is 22.4 Å². The average Bonchev–Trinajstić information content (AvgIpc) is 2.99. The Balaban J connectivity index is 2.51. The van der Waals surface area contributed by atoms with Crippen molar-refractivity contribution in [2.45, 2.75) is 32.5 Å². The first-order valence-electron chi connectivity index (χ1n) is 7.90. The standard InChI is InChI=1S/C16H16F3N5OS/c1-4-8(2)24-13-12(14(25)21-15(24)26)9(16(17,18)19)7-11(20-13)10-5-6-23(3)22-10/h5-8H,4H2,1-3H3,(H,21,25,26)/t8-/m0/s1. The van der Waals surface area contributed by atoms with Crippen LogP contribution < -0.4 is 5.56 Å². The molecule has 0 aliphatic heterocycles. The van der Waals surface area contributed by atoms with Crippen molar-refractivity contribution in [3.8, 4) is 11.4 Å². The Labute approximate surface area is 151 Å². The zero-order valence-electron chi connectivity index (χ0n) is 14.3. The number of nitrogens with zero attached hydrogens (tertiary/aromatic N) is 4. The first kappa shape index (κ1) is 18.3. The fraction of sp³-hybridized carbons (Fsp3) is 0.375. The van der Waals surface area contributed by atoms with Gasteiger partial charge in [-0.15, -0.1) is 0 Å². The van der Waals surface area contributed by atoms with Crippen molar-refractivity contribution in [1.82, 2.24) is 24.3 Å². The number of aromatic amines is 1. The number of H-pyrrole nitrogens is 1. The van der Waals surface area contributed by atoms with E-state index in [9.17, 15) is 18.0 Å². The fourth-order valence-corrected chi connectivity index (χ4v) is 3.10. The molecule has 0 amide bonds. The van der Waals surface area contributed by atoms with Crippen molar-refractivity contribution in [3.63, 3.8) is 0 Å². The Kier molecular flexibility index (Phi) is 4.47. The minimum atomic E-state index is -4.73. The zero-order chi connectivity index (χ0) is 19.2. The number of aryl methyl sites for hydroxylation is 1. The number of halogens is 3. The van der Waals surface area contributed by atoms with Crippen LogP contribution in [0.4, 0.5) is 13.2 Å². The predicted molar refractivity (Wildman–Crippen MR) is 93.4 cm³/mol. The summed E-state index contributed by atoms with van der Waals surface area (Å²) in [6.07, 6.45) is -2.52. The second-order valence-electron chi connectivity index (χ2n) is 6.01. The van der Waals surface area contributed by atoms with Gasteiger partial charge in [0.1, 0.15) is 11.3 Å². The molecule has 0 aliphatic rings. The molecule has 6 nitrogen and oxygen atoms in total. The number of fused-ring (bicyclic) bond motifs is 1. The molecular weight excluding hydrogens is 367 g/mol. The largest absolute Gasteiger partial charge is 0.417 e. The van der Waals surface area contributed by atoms with E-state index >= 15 is 0 Å². The van der Waals surface area contributed by atoms with Crippen LogP contribution in [-0.2, 0) is 13.2 Å². The summed E-state index contributed by atoms with van der Waals surface area (Å²) in [6.45, 7) is 3.67. The average molecular weight is 383 g/mol. The molecule has 26 heavy (non-hydrogen) atoms. The van der Waals surface area contributed by atoms with E-state index in [-0.39, 0.29) is 27.8 Å². The van der Waals surface area contributed by atoms with Crippen LogP contribution in [-0.4, -0.2) is 24.3 Å². The first-order chi connectivity index (χ1) is 12.1. The topological polar surface area (TPSA) is 68.5 Å². The quantitative estimate of drug-likeness (QED) is 0.698. The summed E-state index contributed by atoms with van der Waals surface area (Å²) in [5, 5.41) is 3.59. The molecule has 0 saturated carbocycles. The van der Waals surface area contributed by atoms with Gasteiger partial charge in [0.2, 0.25) is 0 Å². The predicted octanol–water partition coefficient (Wildman–Crippen LogP) is 3.84. The molecule has 0 saturated heterocycles. The number of aromatic nitrogens is 5. The van der Waals surface area contributed by atoms with Crippen molar-refractivity contribution < 1.29 is 13.2 Å². The molecule has 3 heterocycles. The first-order valence-corrected chi connectivity index (χ1v) is 8.31. The monoisotopic (exact) mass is 383 g/mol. The summed E-state index contributed by atoms with van der Waals surface area (Å²) in [4.78, 5) is 18.9. The van der Waals surface area contributed by atoms with Crippen molar-refractivity contribution in [3.05, 3.63) is 39.0 Å². The molecule has 1 N–H and O–H groups in total. The van der Waals surface area contributed by atoms with Gasteiger partial charge in [-0.1, -0.05) is 6.92 Å². The Morgan fingerprint density at radius 3 is 2.58 bits per heavy atom. The van der Waals surface area contributed by atoms with Crippen LogP contribution in [0.5, 0.6) is 0 Å². The normalized spacial score (nSPS) is 13.3. The van der Waals surface area contributed by atoms with Crippen LogP contribution in [0, 0.1) is 4.77 Å². The van der Waals surface area contributed by atoms with Crippen LogP contribution in [0.2, 0.25) is 0 Å². The molecule has 0 aliphatic carbocycles. The Morgan fingerprint density at radius 1 is 1.35 bits per heavy atom. The molecule has 0 bridgehead atoms. The molecule has 0 aromatic carbocycles. The van der Waals surface area contributed by atoms with E-state index in [1.54, 1.807) is 26.2 Å². The third-order valence-corrected chi connectivity index (χ3v) is 4.51. The summed E-state index contributed by atoms with van der Waals surface area (Å²) >= 11 is 5.18. The highest BCUT2D eigenvalue weighted by atomic mass is 32.1. The molecular formula is C16H16F3N5OS. The highest BCUT2D eigenvalue weighted by molar-refractivity contribution is 7.71. The highest BCUT2D eigenvalue weighted by Crippen LogP contribution is 2.35. The molecule has 138 valence electrons. The maximum absolute atomic E-state index is 13.7. The van der Waals surface area contributed by atoms with E-state index in [2.05, 4.69) is 15.1 Å². The fourth-order valence-electron chi connectivity index (χ4n) is 2.74. The van der Waals surface area contributed by atoms with E-state index in [0.717, 1.165) is 6.07 Å². The molecule has 0 spiro atoms. The van der Waals surface area contributed by atoms with E-state index in [1.165, 1.54) is 9.25 Å². The van der Waals surface area contributed by atoms with Gasteiger partial charge < -0.3 is 0 Å². The summed E-state index contributed by atoms with van der Waals surface area (Å²) in [7, 11) is 1.65. The zero-order valence-corrected chi connectivity index (χ0v) is 15.1. The van der Waals surface area contributed by atoms with Gasteiger partial charge in [0, 0.05) is 19.3 Å². The SMILES string of the molecule is CC[C@H](C)n1c(=S)[nH]c(=O)c2c(C(F)(F)F)cc(-c3ccn(C)n3)nc21. The van der Waals surface area contributed by atoms with Crippen LogP contribution in [0.15, 0.2) is 23.1 Å². The lowest BCUT2D eigenvalue weighted by Crippen LogP contribution is -2.22. The van der Waals surface area contributed by atoms with Crippen molar-refractivity contribution in [2.24, 2.45) is 7.05 Å². The lowest BCUT2D eigenvalue weighted by molar-refractivity contribution is -0.136. The lowest BCUT2D eigenvalue weighted by Gasteiger charge is -2.19. The van der Waals surface area contributed by atoms with Gasteiger partial charge in [-0.05, 0) is 37.7 Å². The maximum Gasteiger partial charge on any atom is 0.417 e. The van der Waals surface area contributed by atoms with E-state index in [0.29, 0.717) is 6.42 Å². The number of alkyl halides is 3. The minimum Gasteiger partial charge on any atom is -0.300 e. The number of hydrogen-bond donors (Lipinski definition) is 1. The summed E-state index contributed by atoms with van der Waals surface area (Å²) in [6, 6.07) is 2.17. The van der Waals surface area contributed by atoms with Crippen LogP contribution >= 0.6 is 12.2 Å². The second kappa shape index (κ2) is 6.35. The van der Waals surface area contributed by atoms with Gasteiger partial charge in [-0.3, -0.25) is 19.0 Å². The van der Waals surface area contributed by atoms with Crippen molar-refractivity contribution in [1.29, 1.82) is 0 Å². The van der Waals surface area contributed by atoms with Crippen LogP contribution in [0.1, 0.15) is 31.9 Å². The smallest absolute Gasteiger partial charge is 0.300 e. The van der Waals surface area contributed by atoms with Gasteiger partial charge in [-0.2, -0.15) is 18.3 Å². The van der Waals surface area contributed by atoms with Gasteiger partial charge >= 0.3 is 6.18 Å². The number of rotatable bonds is 3. The lowest BCUT2D eigenvalue weighted by atomic mass is 10.1. The number of pyridine rings is 1. The van der Waals surface area contributed by atoms with E-state index in [1.807, 2.05) is 6.92 Å². The third kappa shape index (κ3) is 3.05. The number of hydrogen-bond acceptors (Lipinski definition) is 4. The molecule has 3 rings (SSSR count). The Morgan fingerprint density at radius 2 is 2.04 bits per heavy atom. The van der Waals surface area contributed by atoms with Gasteiger partial charge in [0.25, 0.3) is 5.56 Å². The molecule has 1 atom stereocenters. The van der Waals surface area contributed by atoms with Gasteiger partial charge in [0.05, 0.1) is 16.6 Å². The summed E-state index contributed by atoms with van der Waals surface area (Å²) < 4.78 is 44.0.